The topological polar surface area (TPSA) is 75.7 Å². The molecular formula is C22H36ClNO7. The predicted octanol–water partition coefficient (Wildman–Crippen LogP) is 3.05. The van der Waals surface area contributed by atoms with Crippen molar-refractivity contribution in [2.75, 3.05) is 67.4 Å². The highest BCUT2D eigenvalue weighted by molar-refractivity contribution is 5.91. The number of methoxy groups -OCH3 is 3. The zero-order valence-corrected chi connectivity index (χ0v) is 20.0. The van der Waals surface area contributed by atoms with Crippen molar-refractivity contribution in [3.05, 3.63) is 17.7 Å². The molecule has 1 aliphatic heterocycles. The molecule has 1 aromatic rings. The van der Waals surface area contributed by atoms with E-state index in [9.17, 15) is 4.79 Å². The summed E-state index contributed by atoms with van der Waals surface area (Å²) in [5.41, 5.74) is 0.332. The summed E-state index contributed by atoms with van der Waals surface area (Å²) in [6.07, 6.45) is 0.576. The van der Waals surface area contributed by atoms with Crippen LogP contribution in [0.1, 0.15) is 30.6 Å². The first kappa shape index (κ1) is 27.3. The molecule has 0 bridgehead atoms. The van der Waals surface area contributed by atoms with Gasteiger partial charge < -0.3 is 28.4 Å². The first-order chi connectivity index (χ1) is 14.5. The number of halogens is 1. The molecule has 2 rings (SSSR count). The number of ether oxygens (including phenoxy) is 6. The minimum Gasteiger partial charge on any atom is -0.493 e. The van der Waals surface area contributed by atoms with Crippen LogP contribution < -0.4 is 14.2 Å². The minimum absolute atomic E-state index is 0. The summed E-state index contributed by atoms with van der Waals surface area (Å²) >= 11 is 0. The van der Waals surface area contributed by atoms with Crippen molar-refractivity contribution < 1.29 is 33.2 Å². The zero-order valence-electron chi connectivity index (χ0n) is 19.2. The smallest absolute Gasteiger partial charge is 0.338 e. The Hall–Kier alpha value is -1.74. The van der Waals surface area contributed by atoms with Gasteiger partial charge >= 0.3 is 5.97 Å². The Balaban J connectivity index is 0.00000480. The van der Waals surface area contributed by atoms with Gasteiger partial charge in [-0.05, 0) is 24.5 Å². The summed E-state index contributed by atoms with van der Waals surface area (Å²) in [5.74, 6) is 1.34. The minimum atomic E-state index is -0.458. The Morgan fingerprint density at radius 1 is 1.06 bits per heavy atom. The second kappa shape index (κ2) is 14.3. The average molecular weight is 462 g/mol. The van der Waals surface area contributed by atoms with Crippen LogP contribution in [0, 0.1) is 5.92 Å². The molecular weight excluding hydrogens is 426 g/mol. The molecule has 1 aromatic carbocycles. The fourth-order valence-electron chi connectivity index (χ4n) is 3.15. The first-order valence-corrected chi connectivity index (χ1v) is 10.4. The van der Waals surface area contributed by atoms with E-state index in [1.165, 1.54) is 21.3 Å². The second-order valence-corrected chi connectivity index (χ2v) is 7.61. The van der Waals surface area contributed by atoms with Crippen molar-refractivity contribution in [2.45, 2.75) is 26.4 Å². The summed E-state index contributed by atoms with van der Waals surface area (Å²) in [4.78, 5) is 15.1. The summed E-state index contributed by atoms with van der Waals surface area (Å²) in [7, 11) is 4.54. The first-order valence-electron chi connectivity index (χ1n) is 10.4. The van der Waals surface area contributed by atoms with Crippen LogP contribution in [0.3, 0.4) is 0 Å². The standard InChI is InChI=1S/C22H35NO7.ClH/c1-16(2)6-9-29-15-18(14-23-7-10-28-11-8-23)30-22(24)17-12-19(25-3)21(27-5)20(13-17)26-4;/h12-13,16,18H,6-11,14-15H2,1-5H3;1H/t18-;/m1./s1. The molecule has 0 aliphatic carbocycles. The van der Waals surface area contributed by atoms with Gasteiger partial charge in [0.2, 0.25) is 5.75 Å². The van der Waals surface area contributed by atoms with E-state index >= 15 is 0 Å². The van der Waals surface area contributed by atoms with Crippen molar-refractivity contribution in [3.8, 4) is 17.2 Å². The Morgan fingerprint density at radius 3 is 2.19 bits per heavy atom. The Morgan fingerprint density at radius 2 is 1.68 bits per heavy atom. The molecule has 0 spiro atoms. The highest BCUT2D eigenvalue weighted by Crippen LogP contribution is 2.38. The van der Waals surface area contributed by atoms with Gasteiger partial charge in [0.1, 0.15) is 6.10 Å². The Bertz CT molecular complexity index is 640. The van der Waals surface area contributed by atoms with Crippen LogP contribution in [0.15, 0.2) is 12.1 Å². The SMILES string of the molecule is COc1cc(C(=O)O[C@@H](COCCC(C)C)CN2CCOCC2)cc(OC)c1OC.Cl. The van der Waals surface area contributed by atoms with Crippen LogP contribution >= 0.6 is 12.4 Å². The quantitative estimate of drug-likeness (QED) is 0.347. The third kappa shape index (κ3) is 8.73. The van der Waals surface area contributed by atoms with E-state index in [1.807, 2.05) is 0 Å². The maximum Gasteiger partial charge on any atom is 0.338 e. The molecule has 0 unspecified atom stereocenters. The Labute approximate surface area is 191 Å². The van der Waals surface area contributed by atoms with Gasteiger partial charge in [0.25, 0.3) is 0 Å². The Kier molecular flexibility index (Phi) is 12.6. The van der Waals surface area contributed by atoms with Crippen LogP contribution in [0.2, 0.25) is 0 Å². The van der Waals surface area contributed by atoms with Gasteiger partial charge in [-0.25, -0.2) is 4.79 Å². The third-order valence-electron chi connectivity index (χ3n) is 4.88. The lowest BCUT2D eigenvalue weighted by atomic mass is 10.1. The van der Waals surface area contributed by atoms with E-state index in [4.69, 9.17) is 28.4 Å². The second-order valence-electron chi connectivity index (χ2n) is 7.61. The van der Waals surface area contributed by atoms with Gasteiger partial charge in [-0.15, -0.1) is 12.4 Å². The number of nitrogens with zero attached hydrogens (tertiary/aromatic N) is 1. The molecule has 0 aromatic heterocycles. The summed E-state index contributed by atoms with van der Waals surface area (Å²) in [6.45, 7) is 8.87. The summed E-state index contributed by atoms with van der Waals surface area (Å²) in [6, 6.07) is 3.18. The molecule has 1 atom stereocenters. The summed E-state index contributed by atoms with van der Waals surface area (Å²) < 4.78 is 33.0. The maximum absolute atomic E-state index is 12.9. The van der Waals surface area contributed by atoms with E-state index in [0.29, 0.717) is 61.7 Å². The number of esters is 1. The number of carbonyl (C=O) groups excluding carboxylic acids is 1. The van der Waals surface area contributed by atoms with E-state index in [1.54, 1.807) is 12.1 Å². The fraction of sp³-hybridized carbons (Fsp3) is 0.682. The molecule has 0 radical (unpaired) electrons. The predicted molar refractivity (Wildman–Crippen MR) is 120 cm³/mol. The van der Waals surface area contributed by atoms with Crippen LogP contribution in [-0.4, -0.2) is 84.4 Å². The summed E-state index contributed by atoms with van der Waals surface area (Å²) in [5, 5.41) is 0. The molecule has 31 heavy (non-hydrogen) atoms. The molecule has 1 aliphatic rings. The van der Waals surface area contributed by atoms with Crippen molar-refractivity contribution >= 4 is 18.4 Å². The molecule has 0 amide bonds. The van der Waals surface area contributed by atoms with E-state index in [2.05, 4.69) is 18.7 Å². The zero-order chi connectivity index (χ0) is 21.9. The van der Waals surface area contributed by atoms with E-state index in [0.717, 1.165) is 19.5 Å². The van der Waals surface area contributed by atoms with Crippen molar-refractivity contribution in [1.82, 2.24) is 4.90 Å². The van der Waals surface area contributed by atoms with Gasteiger partial charge in [-0.2, -0.15) is 0 Å². The number of hydrogen-bond acceptors (Lipinski definition) is 8. The van der Waals surface area contributed by atoms with Gasteiger partial charge in [-0.1, -0.05) is 13.8 Å². The van der Waals surface area contributed by atoms with Gasteiger partial charge in [0.05, 0.1) is 46.7 Å². The van der Waals surface area contributed by atoms with Gasteiger partial charge in [0, 0.05) is 26.2 Å². The molecule has 1 fully saturated rings. The average Bonchev–Trinajstić information content (AvgIpc) is 2.75. The lowest BCUT2D eigenvalue weighted by Gasteiger charge is -2.30. The highest BCUT2D eigenvalue weighted by Gasteiger charge is 2.23. The van der Waals surface area contributed by atoms with Crippen molar-refractivity contribution in [1.29, 1.82) is 0 Å². The molecule has 0 saturated carbocycles. The largest absolute Gasteiger partial charge is 0.493 e. The van der Waals surface area contributed by atoms with Crippen LogP contribution in [-0.2, 0) is 14.2 Å². The molecule has 0 N–H and O–H groups in total. The molecule has 1 heterocycles. The van der Waals surface area contributed by atoms with Crippen LogP contribution in [0.25, 0.3) is 0 Å². The van der Waals surface area contributed by atoms with Gasteiger partial charge in [-0.3, -0.25) is 4.90 Å². The molecule has 178 valence electrons. The highest BCUT2D eigenvalue weighted by atomic mass is 35.5. The number of benzene rings is 1. The van der Waals surface area contributed by atoms with Gasteiger partial charge in [0.15, 0.2) is 11.5 Å². The maximum atomic E-state index is 12.9. The molecule has 1 saturated heterocycles. The van der Waals surface area contributed by atoms with Crippen LogP contribution in [0.4, 0.5) is 0 Å². The number of carbonyl (C=O) groups is 1. The molecule has 8 nitrogen and oxygen atoms in total. The number of rotatable bonds is 12. The molecule has 9 heteroatoms. The third-order valence-corrected chi connectivity index (χ3v) is 4.88. The number of morpholine rings is 1. The lowest BCUT2D eigenvalue weighted by molar-refractivity contribution is -0.0331. The van der Waals surface area contributed by atoms with Crippen molar-refractivity contribution in [3.63, 3.8) is 0 Å². The monoisotopic (exact) mass is 461 g/mol. The fourth-order valence-corrected chi connectivity index (χ4v) is 3.15. The lowest BCUT2D eigenvalue weighted by Crippen LogP contribution is -2.43. The van der Waals surface area contributed by atoms with Crippen LogP contribution in [0.5, 0.6) is 17.2 Å². The van der Waals surface area contributed by atoms with E-state index < -0.39 is 5.97 Å². The van der Waals surface area contributed by atoms with E-state index in [-0.39, 0.29) is 18.5 Å². The normalized spacial score (nSPS) is 15.2. The van der Waals surface area contributed by atoms with Crippen molar-refractivity contribution in [2.24, 2.45) is 5.92 Å². The number of hydrogen-bond donors (Lipinski definition) is 0.